The Morgan fingerprint density at radius 2 is 2.11 bits per heavy atom. The van der Waals surface area contributed by atoms with Gasteiger partial charge in [0.05, 0.1) is 12.7 Å². The summed E-state index contributed by atoms with van der Waals surface area (Å²) in [5.74, 6) is -1.34. The maximum absolute atomic E-state index is 11.7. The molecule has 0 aliphatic rings. The van der Waals surface area contributed by atoms with Crippen LogP contribution < -0.4 is 5.32 Å². The van der Waals surface area contributed by atoms with Crippen LogP contribution in [-0.2, 0) is 16.1 Å². The van der Waals surface area contributed by atoms with E-state index in [9.17, 15) is 9.59 Å². The second-order valence-electron chi connectivity index (χ2n) is 5.12. The fourth-order valence-electron chi connectivity index (χ4n) is 1.45. The highest BCUT2D eigenvalue weighted by molar-refractivity contribution is 5.84. The molecule has 1 atom stereocenters. The third kappa shape index (κ3) is 4.15. The minimum Gasteiger partial charge on any atom is -0.480 e. The van der Waals surface area contributed by atoms with Crippen LogP contribution in [0.2, 0.25) is 0 Å². The molecule has 0 aliphatic carbocycles. The predicted octanol–water partition coefficient (Wildman–Crippen LogP) is 0.284. The molecular formula is C11H18N4O3. The molecule has 18 heavy (non-hydrogen) atoms. The minimum absolute atomic E-state index is 0.170. The molecule has 0 aliphatic heterocycles. The maximum Gasteiger partial charge on any atom is 0.326 e. The highest BCUT2D eigenvalue weighted by Crippen LogP contribution is 2.19. The molecule has 1 aromatic rings. The molecule has 1 rings (SSSR count). The van der Waals surface area contributed by atoms with E-state index >= 15 is 0 Å². The van der Waals surface area contributed by atoms with Crippen molar-refractivity contribution in [3.8, 4) is 0 Å². The molecule has 1 aromatic heterocycles. The molecule has 7 heteroatoms. The van der Waals surface area contributed by atoms with E-state index in [0.717, 1.165) is 0 Å². The number of amides is 1. The Hall–Kier alpha value is -1.92. The van der Waals surface area contributed by atoms with Crippen molar-refractivity contribution in [2.45, 2.75) is 39.8 Å². The molecule has 1 amide bonds. The standard InChI is InChI=1S/C11H18N4O3/c1-11(2,3)9(10(17)18)13-8(16)4-6-15-7-5-12-14-15/h5,7,9H,4,6H2,1-3H3,(H,13,16)(H,17,18)/t9-/m0/s1. The number of hydrogen-bond donors (Lipinski definition) is 2. The number of carboxylic acid groups (broad SMARTS) is 1. The van der Waals surface area contributed by atoms with Crippen LogP contribution in [0.15, 0.2) is 12.4 Å². The van der Waals surface area contributed by atoms with Gasteiger partial charge in [-0.05, 0) is 5.41 Å². The number of aryl methyl sites for hydroxylation is 1. The monoisotopic (exact) mass is 254 g/mol. The summed E-state index contributed by atoms with van der Waals surface area (Å²) in [6.45, 7) is 5.68. The maximum atomic E-state index is 11.7. The van der Waals surface area contributed by atoms with Crippen LogP contribution in [0.4, 0.5) is 0 Å². The molecular weight excluding hydrogens is 236 g/mol. The largest absolute Gasteiger partial charge is 0.480 e. The Morgan fingerprint density at radius 1 is 1.44 bits per heavy atom. The number of aliphatic carboxylic acids is 1. The molecule has 0 fully saturated rings. The normalized spacial score (nSPS) is 13.1. The lowest BCUT2D eigenvalue weighted by Crippen LogP contribution is -2.49. The van der Waals surface area contributed by atoms with E-state index in [1.54, 1.807) is 27.0 Å². The highest BCUT2D eigenvalue weighted by Gasteiger charge is 2.32. The number of carboxylic acids is 1. The number of rotatable bonds is 5. The van der Waals surface area contributed by atoms with Gasteiger partial charge in [-0.3, -0.25) is 9.48 Å². The van der Waals surface area contributed by atoms with Crippen LogP contribution in [-0.4, -0.2) is 38.0 Å². The van der Waals surface area contributed by atoms with E-state index in [2.05, 4.69) is 15.6 Å². The highest BCUT2D eigenvalue weighted by atomic mass is 16.4. The molecule has 100 valence electrons. The van der Waals surface area contributed by atoms with Crippen LogP contribution in [0.1, 0.15) is 27.2 Å². The summed E-state index contributed by atoms with van der Waals surface area (Å²) in [6, 6.07) is -0.902. The van der Waals surface area contributed by atoms with Crippen LogP contribution >= 0.6 is 0 Å². The first kappa shape index (κ1) is 14.1. The average molecular weight is 254 g/mol. The molecule has 1 heterocycles. The van der Waals surface area contributed by atoms with Crippen molar-refractivity contribution in [3.05, 3.63) is 12.4 Å². The zero-order valence-corrected chi connectivity index (χ0v) is 10.8. The summed E-state index contributed by atoms with van der Waals surface area (Å²) < 4.78 is 1.52. The number of nitrogens with zero attached hydrogens (tertiary/aromatic N) is 3. The lowest BCUT2D eigenvalue weighted by molar-refractivity contribution is -0.145. The van der Waals surface area contributed by atoms with Gasteiger partial charge in [-0.1, -0.05) is 26.0 Å². The van der Waals surface area contributed by atoms with Crippen molar-refractivity contribution in [1.29, 1.82) is 0 Å². The predicted molar refractivity (Wildman–Crippen MR) is 63.7 cm³/mol. The molecule has 0 spiro atoms. The Labute approximate surface area is 105 Å². The molecule has 0 aromatic carbocycles. The van der Waals surface area contributed by atoms with Gasteiger partial charge in [0, 0.05) is 12.6 Å². The smallest absolute Gasteiger partial charge is 0.326 e. The molecule has 0 saturated carbocycles. The summed E-state index contributed by atoms with van der Waals surface area (Å²) in [7, 11) is 0. The van der Waals surface area contributed by atoms with Crippen LogP contribution in [0, 0.1) is 5.41 Å². The topological polar surface area (TPSA) is 97.1 Å². The first-order valence-corrected chi connectivity index (χ1v) is 5.67. The van der Waals surface area contributed by atoms with Gasteiger partial charge in [0.1, 0.15) is 6.04 Å². The van der Waals surface area contributed by atoms with Crippen LogP contribution in [0.25, 0.3) is 0 Å². The van der Waals surface area contributed by atoms with Gasteiger partial charge in [0.15, 0.2) is 0 Å². The van der Waals surface area contributed by atoms with Crippen molar-refractivity contribution in [2.75, 3.05) is 0 Å². The molecule has 0 bridgehead atoms. The molecule has 0 saturated heterocycles. The van der Waals surface area contributed by atoms with Crippen molar-refractivity contribution in [3.63, 3.8) is 0 Å². The molecule has 0 unspecified atom stereocenters. The van der Waals surface area contributed by atoms with E-state index in [-0.39, 0.29) is 12.3 Å². The van der Waals surface area contributed by atoms with Gasteiger partial charge in [-0.25, -0.2) is 4.79 Å². The van der Waals surface area contributed by atoms with Crippen molar-refractivity contribution < 1.29 is 14.7 Å². The van der Waals surface area contributed by atoms with Crippen molar-refractivity contribution in [2.24, 2.45) is 5.41 Å². The molecule has 0 radical (unpaired) electrons. The summed E-state index contributed by atoms with van der Waals surface area (Å²) in [6.07, 6.45) is 3.34. The number of carbonyl (C=O) groups excluding carboxylic acids is 1. The van der Waals surface area contributed by atoms with Gasteiger partial charge in [0.25, 0.3) is 0 Å². The summed E-state index contributed by atoms with van der Waals surface area (Å²) >= 11 is 0. The zero-order chi connectivity index (χ0) is 13.8. The Kier molecular flexibility index (Phi) is 4.41. The summed E-state index contributed by atoms with van der Waals surface area (Å²) in [5, 5.41) is 18.9. The zero-order valence-electron chi connectivity index (χ0n) is 10.8. The van der Waals surface area contributed by atoms with Crippen LogP contribution in [0.5, 0.6) is 0 Å². The Bertz CT molecular complexity index is 408. The van der Waals surface area contributed by atoms with Gasteiger partial charge >= 0.3 is 5.97 Å². The quantitative estimate of drug-likeness (QED) is 0.786. The Balaban J connectivity index is 2.49. The van der Waals surface area contributed by atoms with Gasteiger partial charge in [-0.2, -0.15) is 0 Å². The van der Waals surface area contributed by atoms with E-state index in [1.165, 1.54) is 10.9 Å². The number of nitrogens with one attached hydrogen (secondary N) is 1. The number of hydrogen-bond acceptors (Lipinski definition) is 4. The van der Waals surface area contributed by atoms with Gasteiger partial charge < -0.3 is 10.4 Å². The fraction of sp³-hybridized carbons (Fsp3) is 0.636. The van der Waals surface area contributed by atoms with Gasteiger partial charge in [0.2, 0.25) is 5.91 Å². The average Bonchev–Trinajstić information content (AvgIpc) is 2.73. The lowest BCUT2D eigenvalue weighted by Gasteiger charge is -2.27. The van der Waals surface area contributed by atoms with E-state index in [4.69, 9.17) is 5.11 Å². The second-order valence-corrected chi connectivity index (χ2v) is 5.12. The van der Waals surface area contributed by atoms with Crippen LogP contribution in [0.3, 0.4) is 0 Å². The first-order chi connectivity index (χ1) is 8.30. The third-order valence-corrected chi connectivity index (χ3v) is 2.46. The molecule has 7 nitrogen and oxygen atoms in total. The first-order valence-electron chi connectivity index (χ1n) is 5.67. The summed E-state index contributed by atoms with van der Waals surface area (Å²) in [5.41, 5.74) is -0.533. The van der Waals surface area contributed by atoms with E-state index in [1.807, 2.05) is 0 Å². The second kappa shape index (κ2) is 5.61. The van der Waals surface area contributed by atoms with Crippen molar-refractivity contribution in [1.82, 2.24) is 20.3 Å². The lowest BCUT2D eigenvalue weighted by atomic mass is 9.86. The van der Waals surface area contributed by atoms with E-state index < -0.39 is 17.4 Å². The minimum atomic E-state index is -1.03. The van der Waals surface area contributed by atoms with E-state index in [0.29, 0.717) is 6.54 Å². The van der Waals surface area contributed by atoms with Gasteiger partial charge in [-0.15, -0.1) is 5.10 Å². The number of carbonyl (C=O) groups is 2. The summed E-state index contributed by atoms with van der Waals surface area (Å²) in [4.78, 5) is 22.7. The van der Waals surface area contributed by atoms with Crippen molar-refractivity contribution >= 4 is 11.9 Å². The number of aromatic nitrogens is 3. The fourth-order valence-corrected chi connectivity index (χ4v) is 1.45. The Morgan fingerprint density at radius 3 is 2.56 bits per heavy atom. The molecule has 2 N–H and O–H groups in total. The third-order valence-electron chi connectivity index (χ3n) is 2.46. The SMILES string of the molecule is CC(C)(C)[C@@H](NC(=O)CCn1ccnn1)C(=O)O.